The van der Waals surface area contributed by atoms with Crippen LogP contribution in [0, 0.1) is 13.8 Å². The van der Waals surface area contributed by atoms with Crippen LogP contribution in [0.25, 0.3) is 5.69 Å². The number of hydrogen-bond acceptors (Lipinski definition) is 6. The Labute approximate surface area is 160 Å². The van der Waals surface area contributed by atoms with Crippen molar-refractivity contribution in [2.24, 2.45) is 10.2 Å². The Morgan fingerprint density at radius 2 is 1.81 bits per heavy atom. The zero-order valence-electron chi connectivity index (χ0n) is 15.1. The zero-order valence-corrected chi connectivity index (χ0v) is 15.9. The second-order valence-electron chi connectivity index (χ2n) is 5.78. The van der Waals surface area contributed by atoms with Gasteiger partial charge in [-0.25, -0.2) is 4.79 Å². The molecule has 0 bridgehead atoms. The molecule has 0 radical (unpaired) electrons. The van der Waals surface area contributed by atoms with Gasteiger partial charge in [0.25, 0.3) is 5.91 Å². The third-order valence-electron chi connectivity index (χ3n) is 3.88. The lowest BCUT2D eigenvalue weighted by atomic mass is 10.2. The van der Waals surface area contributed by atoms with Gasteiger partial charge < -0.3 is 9.30 Å². The molecule has 1 saturated heterocycles. The summed E-state index contributed by atoms with van der Waals surface area (Å²) >= 11 is 1.03. The Morgan fingerprint density at radius 3 is 2.44 bits per heavy atom. The quantitative estimate of drug-likeness (QED) is 0.381. The molecule has 1 aliphatic rings. The molecule has 0 saturated carbocycles. The van der Waals surface area contributed by atoms with E-state index in [4.69, 9.17) is 0 Å². The van der Waals surface area contributed by atoms with Gasteiger partial charge in [0, 0.05) is 23.2 Å². The van der Waals surface area contributed by atoms with Crippen LogP contribution in [-0.4, -0.2) is 34.9 Å². The number of nitrogens with zero attached hydrogens (tertiary/aromatic N) is 3. The number of esters is 1. The molecule has 2 heterocycles. The predicted molar refractivity (Wildman–Crippen MR) is 106 cm³/mol. The fraction of sp³-hybridized carbons (Fsp3) is 0.158. The summed E-state index contributed by atoms with van der Waals surface area (Å²) in [4.78, 5) is 23.2. The lowest BCUT2D eigenvalue weighted by Crippen LogP contribution is -2.19. The van der Waals surface area contributed by atoms with E-state index >= 15 is 0 Å². The van der Waals surface area contributed by atoms with Gasteiger partial charge in [0.15, 0.2) is 5.17 Å². The highest BCUT2D eigenvalue weighted by Gasteiger charge is 2.24. The molecule has 0 spiro atoms. The number of thioether (sulfide) groups is 1. The number of amides is 1. The number of ether oxygens (including phenoxy) is 1. The van der Waals surface area contributed by atoms with Crippen LogP contribution in [0.1, 0.15) is 17.0 Å². The highest BCUT2D eigenvalue weighted by molar-refractivity contribution is 8.18. The van der Waals surface area contributed by atoms with Crippen molar-refractivity contribution in [3.8, 4) is 5.69 Å². The van der Waals surface area contributed by atoms with Crippen LogP contribution in [-0.2, 0) is 14.3 Å². The van der Waals surface area contributed by atoms with E-state index in [0.29, 0.717) is 5.17 Å². The second-order valence-corrected chi connectivity index (χ2v) is 6.81. The largest absolute Gasteiger partial charge is 0.466 e. The standard InChI is InChI=1S/C19H18N4O3S/c1-12-4-5-13(2)23(12)15-8-6-14(7-9-15)11-20-22-19-21-18(25)16(27-19)10-17(24)26-3/h4-11H,1-3H3,(H,21,22,25)/b16-10+,20-11?. The first-order valence-electron chi connectivity index (χ1n) is 8.13. The topological polar surface area (TPSA) is 85.0 Å². The van der Waals surface area contributed by atoms with Crippen molar-refractivity contribution in [2.45, 2.75) is 13.8 Å². The average molecular weight is 382 g/mol. The highest BCUT2D eigenvalue weighted by atomic mass is 32.2. The molecular formula is C19H18N4O3S. The molecule has 0 atom stereocenters. The number of carbonyl (C=O) groups excluding carboxylic acids is 2. The zero-order chi connectivity index (χ0) is 19.4. The molecule has 1 N–H and O–H groups in total. The van der Waals surface area contributed by atoms with Crippen LogP contribution in [0.2, 0.25) is 0 Å². The van der Waals surface area contributed by atoms with Crippen molar-refractivity contribution in [2.75, 3.05) is 7.11 Å². The van der Waals surface area contributed by atoms with Crippen LogP contribution in [0.15, 0.2) is 57.6 Å². The van der Waals surface area contributed by atoms with Gasteiger partial charge in [-0.05, 0) is 55.4 Å². The molecule has 1 amide bonds. The van der Waals surface area contributed by atoms with Crippen molar-refractivity contribution < 1.29 is 14.3 Å². The molecule has 0 aliphatic carbocycles. The number of rotatable bonds is 4. The maximum Gasteiger partial charge on any atom is 0.331 e. The summed E-state index contributed by atoms with van der Waals surface area (Å²) in [5.41, 5.74) is 4.30. The maximum atomic E-state index is 11.7. The molecule has 1 aromatic heterocycles. The van der Waals surface area contributed by atoms with Crippen LogP contribution in [0.3, 0.4) is 0 Å². The summed E-state index contributed by atoms with van der Waals surface area (Å²) in [6.45, 7) is 4.13. The van der Waals surface area contributed by atoms with Gasteiger partial charge in [0.05, 0.1) is 18.2 Å². The number of hydrogen-bond donors (Lipinski definition) is 1. The van der Waals surface area contributed by atoms with Gasteiger partial charge in [-0.1, -0.05) is 12.1 Å². The summed E-state index contributed by atoms with van der Waals surface area (Å²) in [6.07, 6.45) is 2.72. The Kier molecular flexibility index (Phi) is 5.56. The first-order valence-corrected chi connectivity index (χ1v) is 8.95. The lowest BCUT2D eigenvalue weighted by Gasteiger charge is -2.09. The monoisotopic (exact) mass is 382 g/mol. The molecule has 2 aromatic rings. The summed E-state index contributed by atoms with van der Waals surface area (Å²) in [5, 5.41) is 10.8. The minimum atomic E-state index is -0.592. The lowest BCUT2D eigenvalue weighted by molar-refractivity contribution is -0.135. The van der Waals surface area contributed by atoms with E-state index in [1.54, 1.807) is 6.21 Å². The van der Waals surface area contributed by atoms with Crippen LogP contribution >= 0.6 is 11.8 Å². The minimum absolute atomic E-state index is 0.220. The fourth-order valence-electron chi connectivity index (χ4n) is 2.57. The molecule has 27 heavy (non-hydrogen) atoms. The van der Waals surface area contributed by atoms with Gasteiger partial charge in [-0.2, -0.15) is 5.10 Å². The number of methoxy groups -OCH3 is 1. The first kappa shape index (κ1) is 18.7. The molecule has 1 fully saturated rings. The highest BCUT2D eigenvalue weighted by Crippen LogP contribution is 2.23. The smallest absolute Gasteiger partial charge is 0.331 e. The van der Waals surface area contributed by atoms with E-state index < -0.39 is 11.9 Å². The fourth-order valence-corrected chi connectivity index (χ4v) is 3.31. The molecular weight excluding hydrogens is 364 g/mol. The SMILES string of the molecule is COC(=O)/C=C1/S/C(=N\N=Cc2ccc(-n3c(C)ccc3C)cc2)NC1=O. The van der Waals surface area contributed by atoms with Gasteiger partial charge in [-0.3, -0.25) is 10.1 Å². The molecule has 1 aliphatic heterocycles. The van der Waals surface area contributed by atoms with Crippen LogP contribution in [0.4, 0.5) is 0 Å². The van der Waals surface area contributed by atoms with E-state index in [1.807, 2.05) is 24.3 Å². The molecule has 7 nitrogen and oxygen atoms in total. The molecule has 138 valence electrons. The normalized spacial score (nSPS) is 17.1. The minimum Gasteiger partial charge on any atom is -0.466 e. The first-order chi connectivity index (χ1) is 13.0. The molecule has 0 unspecified atom stereocenters. The Balaban J connectivity index is 1.68. The van der Waals surface area contributed by atoms with Crippen LogP contribution in [0.5, 0.6) is 0 Å². The summed E-state index contributed by atoms with van der Waals surface area (Å²) in [5.74, 6) is -0.994. The Hall–Kier alpha value is -3.13. The molecule has 8 heteroatoms. The van der Waals surface area contributed by atoms with E-state index in [9.17, 15) is 9.59 Å². The molecule has 3 rings (SSSR count). The van der Waals surface area contributed by atoms with Crippen molar-refractivity contribution in [1.29, 1.82) is 0 Å². The summed E-state index contributed by atoms with van der Waals surface area (Å²) in [7, 11) is 1.25. The Bertz CT molecular complexity index is 952. The van der Waals surface area contributed by atoms with Crippen molar-refractivity contribution >= 4 is 35.0 Å². The third-order valence-corrected chi connectivity index (χ3v) is 4.78. The van der Waals surface area contributed by atoms with Gasteiger partial charge in [0.2, 0.25) is 0 Å². The average Bonchev–Trinajstić information content (AvgIpc) is 3.17. The van der Waals surface area contributed by atoms with Gasteiger partial charge >= 0.3 is 5.97 Å². The maximum absolute atomic E-state index is 11.7. The second kappa shape index (κ2) is 8.05. The van der Waals surface area contributed by atoms with Crippen LogP contribution < -0.4 is 5.32 Å². The van der Waals surface area contributed by atoms with Crippen molar-refractivity contribution in [3.63, 3.8) is 0 Å². The third kappa shape index (κ3) is 4.35. The van der Waals surface area contributed by atoms with Crippen molar-refractivity contribution in [3.05, 3.63) is 64.3 Å². The van der Waals surface area contributed by atoms with Gasteiger partial charge in [0.1, 0.15) is 0 Å². The number of aromatic nitrogens is 1. The number of carbonyl (C=O) groups is 2. The predicted octanol–water partition coefficient (Wildman–Crippen LogP) is 2.70. The molecule has 1 aromatic carbocycles. The number of nitrogens with one attached hydrogen (secondary N) is 1. The van der Waals surface area contributed by atoms with E-state index in [2.05, 4.69) is 50.8 Å². The van der Waals surface area contributed by atoms with Gasteiger partial charge in [-0.15, -0.1) is 5.10 Å². The number of aryl methyl sites for hydroxylation is 2. The van der Waals surface area contributed by atoms with E-state index in [-0.39, 0.29) is 4.91 Å². The van der Waals surface area contributed by atoms with E-state index in [0.717, 1.165) is 29.1 Å². The van der Waals surface area contributed by atoms with E-state index in [1.165, 1.54) is 18.5 Å². The Morgan fingerprint density at radius 1 is 1.15 bits per heavy atom. The summed E-state index contributed by atoms with van der Waals surface area (Å²) < 4.78 is 6.67. The summed E-state index contributed by atoms with van der Waals surface area (Å²) in [6, 6.07) is 12.1. The number of amidine groups is 1. The number of benzene rings is 1. The van der Waals surface area contributed by atoms with Crippen molar-refractivity contribution in [1.82, 2.24) is 9.88 Å².